The fourth-order valence-electron chi connectivity index (χ4n) is 3.07. The number of hydrogen-bond acceptors (Lipinski definition) is 3. The van der Waals surface area contributed by atoms with E-state index in [9.17, 15) is 9.59 Å². The highest BCUT2D eigenvalue weighted by Crippen LogP contribution is 2.17. The third-order valence-corrected chi connectivity index (χ3v) is 4.86. The van der Waals surface area contributed by atoms with Crippen molar-refractivity contribution in [2.24, 2.45) is 0 Å². The SMILES string of the molecule is O=C(O)c1ccccc1.O=C(Oc1ccccc1)c1ccccc1.c1ccc(-c2ccccc2)cc1. The first kappa shape index (κ1) is 25.7. The molecule has 5 rings (SSSR count). The fraction of sp³-hybridized carbons (Fsp3) is 0. The molecule has 0 spiro atoms. The Kier molecular flexibility index (Phi) is 10.2. The molecule has 0 aliphatic carbocycles. The molecule has 5 aromatic rings. The third-order valence-electron chi connectivity index (χ3n) is 4.86. The van der Waals surface area contributed by atoms with Crippen LogP contribution in [0.15, 0.2) is 152 Å². The van der Waals surface area contributed by atoms with Gasteiger partial charge in [-0.15, -0.1) is 0 Å². The van der Waals surface area contributed by atoms with Crippen molar-refractivity contribution in [2.45, 2.75) is 0 Å². The molecule has 0 amide bonds. The molecular weight excluding hydrogens is 448 g/mol. The number of benzene rings is 5. The van der Waals surface area contributed by atoms with Gasteiger partial charge in [-0.2, -0.15) is 0 Å². The topological polar surface area (TPSA) is 63.6 Å². The van der Waals surface area contributed by atoms with Crippen LogP contribution in [-0.2, 0) is 0 Å². The number of ether oxygens (including phenoxy) is 1. The second-order valence-electron chi connectivity index (χ2n) is 7.47. The Hall–Kier alpha value is -4.96. The van der Waals surface area contributed by atoms with Gasteiger partial charge in [0.15, 0.2) is 0 Å². The van der Waals surface area contributed by atoms with E-state index in [1.807, 2.05) is 48.5 Å². The van der Waals surface area contributed by atoms with Gasteiger partial charge < -0.3 is 9.84 Å². The minimum absolute atomic E-state index is 0.331. The maximum absolute atomic E-state index is 11.6. The molecule has 36 heavy (non-hydrogen) atoms. The number of hydrogen-bond donors (Lipinski definition) is 1. The van der Waals surface area contributed by atoms with Gasteiger partial charge in [0.2, 0.25) is 0 Å². The summed E-state index contributed by atoms with van der Waals surface area (Å²) in [6.45, 7) is 0. The van der Waals surface area contributed by atoms with Gasteiger partial charge in [-0.25, -0.2) is 9.59 Å². The minimum Gasteiger partial charge on any atom is -0.478 e. The summed E-state index contributed by atoms with van der Waals surface area (Å²) in [5, 5.41) is 8.38. The summed E-state index contributed by atoms with van der Waals surface area (Å²) in [6, 6.07) is 47.0. The summed E-state index contributed by atoms with van der Waals surface area (Å²) in [5.41, 5.74) is 3.44. The van der Waals surface area contributed by atoms with E-state index in [1.54, 1.807) is 54.6 Å². The van der Waals surface area contributed by atoms with Gasteiger partial charge >= 0.3 is 11.9 Å². The van der Waals surface area contributed by atoms with Gasteiger partial charge in [0.25, 0.3) is 0 Å². The quantitative estimate of drug-likeness (QED) is 0.215. The van der Waals surface area contributed by atoms with E-state index in [1.165, 1.54) is 11.1 Å². The van der Waals surface area contributed by atoms with E-state index in [0.29, 0.717) is 16.9 Å². The predicted octanol–water partition coefficient (Wildman–Crippen LogP) is 7.64. The number of carboxylic acids is 1. The molecule has 0 saturated carbocycles. The maximum atomic E-state index is 11.6. The van der Waals surface area contributed by atoms with Crippen LogP contribution in [0.2, 0.25) is 0 Å². The molecule has 0 heterocycles. The van der Waals surface area contributed by atoms with E-state index in [4.69, 9.17) is 9.84 Å². The lowest BCUT2D eigenvalue weighted by Gasteiger charge is -2.02. The lowest BCUT2D eigenvalue weighted by molar-refractivity contribution is 0.0694. The van der Waals surface area contributed by atoms with Crippen molar-refractivity contribution >= 4 is 11.9 Å². The first-order valence-corrected chi connectivity index (χ1v) is 11.3. The van der Waals surface area contributed by atoms with E-state index in [0.717, 1.165) is 0 Å². The number of esters is 1. The molecular formula is C32H26O4. The Morgan fingerprint density at radius 2 is 0.778 bits per heavy atom. The van der Waals surface area contributed by atoms with Crippen LogP contribution in [0.25, 0.3) is 11.1 Å². The van der Waals surface area contributed by atoms with Crippen molar-refractivity contribution in [3.63, 3.8) is 0 Å². The van der Waals surface area contributed by atoms with Gasteiger partial charge in [0.1, 0.15) is 5.75 Å². The van der Waals surface area contributed by atoms with Crippen LogP contribution in [0, 0.1) is 0 Å². The average molecular weight is 475 g/mol. The molecule has 4 nitrogen and oxygen atoms in total. The fourth-order valence-corrected chi connectivity index (χ4v) is 3.07. The van der Waals surface area contributed by atoms with Crippen LogP contribution >= 0.6 is 0 Å². The number of para-hydroxylation sites is 1. The molecule has 4 heteroatoms. The van der Waals surface area contributed by atoms with Crippen LogP contribution in [0.3, 0.4) is 0 Å². The summed E-state index contributed by atoms with van der Waals surface area (Å²) in [4.78, 5) is 21.8. The van der Waals surface area contributed by atoms with Crippen LogP contribution in [0.1, 0.15) is 20.7 Å². The lowest BCUT2D eigenvalue weighted by atomic mass is 10.1. The Labute approximate surface area is 211 Å². The lowest BCUT2D eigenvalue weighted by Crippen LogP contribution is -2.07. The first-order chi connectivity index (χ1) is 17.6. The highest BCUT2D eigenvalue weighted by Gasteiger charge is 2.06. The number of aromatic carboxylic acids is 1. The van der Waals surface area contributed by atoms with Gasteiger partial charge in [-0.3, -0.25) is 0 Å². The van der Waals surface area contributed by atoms with Crippen LogP contribution in [-0.4, -0.2) is 17.0 Å². The first-order valence-electron chi connectivity index (χ1n) is 11.3. The van der Waals surface area contributed by atoms with Gasteiger partial charge in [-0.05, 0) is 47.5 Å². The molecule has 5 aromatic carbocycles. The molecule has 0 aliphatic rings. The summed E-state index contributed by atoms with van der Waals surface area (Å²) in [5.74, 6) is -0.649. The Morgan fingerprint density at radius 1 is 0.444 bits per heavy atom. The zero-order valence-electron chi connectivity index (χ0n) is 19.6. The van der Waals surface area contributed by atoms with Crippen LogP contribution in [0.4, 0.5) is 0 Å². The molecule has 0 fully saturated rings. The third kappa shape index (κ3) is 8.76. The second-order valence-corrected chi connectivity index (χ2v) is 7.47. The molecule has 0 radical (unpaired) electrons. The molecule has 0 aromatic heterocycles. The monoisotopic (exact) mass is 474 g/mol. The standard InChI is InChI=1S/C13H10O2.C12H10.C7H6O2/c14-13(11-7-3-1-4-8-11)15-12-9-5-2-6-10-12;1-3-7-11(8-4-1)12-9-5-2-6-10-12;8-7(9)6-4-2-1-3-5-6/h1-10H;1-10H;1-5H,(H,8,9). The highest BCUT2D eigenvalue weighted by molar-refractivity contribution is 5.91. The van der Waals surface area contributed by atoms with Crippen molar-refractivity contribution in [3.05, 3.63) is 163 Å². The van der Waals surface area contributed by atoms with Crippen molar-refractivity contribution in [1.82, 2.24) is 0 Å². The molecule has 1 N–H and O–H groups in total. The van der Waals surface area contributed by atoms with Gasteiger partial charge in [-0.1, -0.05) is 115 Å². The highest BCUT2D eigenvalue weighted by atomic mass is 16.5. The predicted molar refractivity (Wildman–Crippen MR) is 143 cm³/mol. The average Bonchev–Trinajstić information content (AvgIpc) is 2.96. The smallest absolute Gasteiger partial charge is 0.343 e. The molecule has 0 aliphatic heterocycles. The van der Waals surface area contributed by atoms with Gasteiger partial charge in [0, 0.05) is 0 Å². The zero-order chi connectivity index (χ0) is 25.4. The number of carbonyl (C=O) groups is 2. The van der Waals surface area contributed by atoms with Crippen molar-refractivity contribution in [3.8, 4) is 16.9 Å². The van der Waals surface area contributed by atoms with E-state index in [2.05, 4.69) is 48.5 Å². The maximum Gasteiger partial charge on any atom is 0.343 e. The van der Waals surface area contributed by atoms with Crippen LogP contribution < -0.4 is 4.74 Å². The molecule has 0 unspecified atom stereocenters. The Bertz CT molecular complexity index is 1270. The van der Waals surface area contributed by atoms with Crippen molar-refractivity contribution in [1.29, 1.82) is 0 Å². The number of carbonyl (C=O) groups excluding carboxylic acids is 1. The number of carboxylic acid groups (broad SMARTS) is 1. The normalized spacial score (nSPS) is 9.44. The zero-order valence-corrected chi connectivity index (χ0v) is 19.6. The summed E-state index contributed by atoms with van der Waals surface area (Å²) in [6.07, 6.45) is 0. The second kappa shape index (κ2) is 14.3. The minimum atomic E-state index is -0.879. The molecule has 0 atom stereocenters. The van der Waals surface area contributed by atoms with Crippen LogP contribution in [0.5, 0.6) is 5.75 Å². The Morgan fingerprint density at radius 3 is 1.14 bits per heavy atom. The Balaban J connectivity index is 0.000000156. The molecule has 0 bridgehead atoms. The summed E-state index contributed by atoms with van der Waals surface area (Å²) in [7, 11) is 0. The largest absolute Gasteiger partial charge is 0.478 e. The van der Waals surface area contributed by atoms with Crippen molar-refractivity contribution < 1.29 is 19.4 Å². The summed E-state index contributed by atoms with van der Waals surface area (Å²) < 4.78 is 5.16. The number of rotatable bonds is 4. The van der Waals surface area contributed by atoms with E-state index in [-0.39, 0.29) is 5.97 Å². The van der Waals surface area contributed by atoms with Gasteiger partial charge in [0.05, 0.1) is 11.1 Å². The molecule has 178 valence electrons. The van der Waals surface area contributed by atoms with E-state index < -0.39 is 5.97 Å². The molecule has 0 saturated heterocycles. The van der Waals surface area contributed by atoms with E-state index >= 15 is 0 Å². The van der Waals surface area contributed by atoms with Crippen molar-refractivity contribution in [2.75, 3.05) is 0 Å². The summed E-state index contributed by atoms with van der Waals surface area (Å²) >= 11 is 0.